The molecule has 182 valence electrons. The fraction of sp³-hybridized carbons (Fsp3) is 0.450. The molecule has 3 amide bonds. The first-order chi connectivity index (χ1) is 15.6. The molecule has 1 aromatic carbocycles. The summed E-state index contributed by atoms with van der Waals surface area (Å²) >= 11 is 4.02. The second-order valence-corrected chi connectivity index (χ2v) is 7.48. The van der Waals surface area contributed by atoms with Crippen molar-refractivity contribution in [3.8, 4) is 0 Å². The summed E-state index contributed by atoms with van der Waals surface area (Å²) < 4.78 is 0. The standard InChI is InChI=1S/C20H28N4O8S/c21-12(9-25)17(28)22-13(6-7-16(26)27)18(29)24-15(10-33)19(30)23-14(20(31)32)8-11-4-2-1-3-5-11/h1-5,12-15,25,33H,6-10,21H2,(H,22,28)(H,23,30)(H,24,29)(H,26,27)(H,31,32). The van der Waals surface area contributed by atoms with E-state index in [0.717, 1.165) is 0 Å². The van der Waals surface area contributed by atoms with Crippen molar-refractivity contribution in [1.29, 1.82) is 0 Å². The summed E-state index contributed by atoms with van der Waals surface area (Å²) in [4.78, 5) is 59.6. The van der Waals surface area contributed by atoms with E-state index in [1.54, 1.807) is 30.3 Å². The summed E-state index contributed by atoms with van der Waals surface area (Å²) in [7, 11) is 0. The molecule has 0 radical (unpaired) electrons. The number of aliphatic carboxylic acids is 2. The number of thiol groups is 1. The summed E-state index contributed by atoms with van der Waals surface area (Å²) in [6.45, 7) is -0.696. The number of nitrogens with one attached hydrogen (secondary N) is 3. The SMILES string of the molecule is NC(CO)C(=O)NC(CCC(=O)O)C(=O)NC(CS)C(=O)NC(Cc1ccccc1)C(=O)O. The van der Waals surface area contributed by atoms with Gasteiger partial charge in [0.1, 0.15) is 24.2 Å². The number of aliphatic hydroxyl groups is 1. The second-order valence-electron chi connectivity index (χ2n) is 7.12. The predicted octanol–water partition coefficient (Wildman–Crippen LogP) is -2.12. The molecule has 8 N–H and O–H groups in total. The molecule has 13 heteroatoms. The Labute approximate surface area is 195 Å². The van der Waals surface area contributed by atoms with E-state index in [2.05, 4.69) is 28.6 Å². The maximum Gasteiger partial charge on any atom is 0.326 e. The third-order valence-electron chi connectivity index (χ3n) is 4.53. The fourth-order valence-corrected chi connectivity index (χ4v) is 2.94. The van der Waals surface area contributed by atoms with Gasteiger partial charge in [-0.1, -0.05) is 30.3 Å². The molecule has 0 saturated heterocycles. The molecule has 0 aliphatic carbocycles. The van der Waals surface area contributed by atoms with Crippen molar-refractivity contribution in [2.45, 2.75) is 43.4 Å². The van der Waals surface area contributed by atoms with Gasteiger partial charge in [-0.25, -0.2) is 4.79 Å². The van der Waals surface area contributed by atoms with E-state index >= 15 is 0 Å². The van der Waals surface area contributed by atoms with E-state index in [-0.39, 0.29) is 18.6 Å². The van der Waals surface area contributed by atoms with Crippen LogP contribution in [-0.2, 0) is 30.4 Å². The maximum absolute atomic E-state index is 12.6. The van der Waals surface area contributed by atoms with Crippen LogP contribution in [0.5, 0.6) is 0 Å². The first-order valence-electron chi connectivity index (χ1n) is 9.96. The van der Waals surface area contributed by atoms with Crippen LogP contribution in [0.15, 0.2) is 30.3 Å². The number of hydrogen-bond donors (Lipinski definition) is 8. The Bertz CT molecular complexity index is 839. The highest BCUT2D eigenvalue weighted by molar-refractivity contribution is 7.80. The molecule has 33 heavy (non-hydrogen) atoms. The molecule has 0 heterocycles. The quantitative estimate of drug-likeness (QED) is 0.136. The molecule has 0 fully saturated rings. The second kappa shape index (κ2) is 14.1. The Balaban J connectivity index is 2.87. The molecule has 4 atom stereocenters. The number of carboxylic acid groups (broad SMARTS) is 2. The Morgan fingerprint density at radius 1 is 0.879 bits per heavy atom. The average molecular weight is 485 g/mol. The number of hydrogen-bond acceptors (Lipinski definition) is 8. The van der Waals surface area contributed by atoms with Crippen molar-refractivity contribution in [1.82, 2.24) is 16.0 Å². The number of benzene rings is 1. The normalized spacial score (nSPS) is 14.3. The first kappa shape index (κ1) is 27.9. The zero-order valence-corrected chi connectivity index (χ0v) is 18.5. The molecule has 4 unspecified atom stereocenters. The lowest BCUT2D eigenvalue weighted by Gasteiger charge is -2.24. The first-order valence-corrected chi connectivity index (χ1v) is 10.6. The fourth-order valence-electron chi connectivity index (χ4n) is 2.69. The molecule has 0 aliphatic heterocycles. The van der Waals surface area contributed by atoms with Gasteiger partial charge in [-0.2, -0.15) is 12.6 Å². The molecule has 0 spiro atoms. The van der Waals surface area contributed by atoms with Crippen LogP contribution >= 0.6 is 12.6 Å². The van der Waals surface area contributed by atoms with E-state index in [4.69, 9.17) is 15.9 Å². The third-order valence-corrected chi connectivity index (χ3v) is 4.89. The van der Waals surface area contributed by atoms with Crippen molar-refractivity contribution >= 4 is 42.3 Å². The van der Waals surface area contributed by atoms with Crippen molar-refractivity contribution in [2.75, 3.05) is 12.4 Å². The van der Waals surface area contributed by atoms with Gasteiger partial charge in [0.2, 0.25) is 17.7 Å². The number of amides is 3. The topological polar surface area (TPSA) is 208 Å². The highest BCUT2D eigenvalue weighted by atomic mass is 32.1. The minimum absolute atomic E-state index is 0.00545. The van der Waals surface area contributed by atoms with Gasteiger partial charge in [-0.15, -0.1) is 0 Å². The van der Waals surface area contributed by atoms with Crippen molar-refractivity contribution in [3.63, 3.8) is 0 Å². The van der Waals surface area contributed by atoms with E-state index in [9.17, 15) is 29.1 Å². The molecule has 0 aliphatic rings. The van der Waals surface area contributed by atoms with Crippen LogP contribution in [0.3, 0.4) is 0 Å². The lowest BCUT2D eigenvalue weighted by Crippen LogP contribution is -2.58. The highest BCUT2D eigenvalue weighted by Gasteiger charge is 2.30. The molecule has 0 bridgehead atoms. The summed E-state index contributed by atoms with van der Waals surface area (Å²) in [5, 5.41) is 34.2. The predicted molar refractivity (Wildman–Crippen MR) is 119 cm³/mol. The largest absolute Gasteiger partial charge is 0.481 e. The van der Waals surface area contributed by atoms with Crippen molar-refractivity contribution in [2.24, 2.45) is 5.73 Å². The van der Waals surface area contributed by atoms with Crippen LogP contribution in [0.2, 0.25) is 0 Å². The monoisotopic (exact) mass is 484 g/mol. The van der Waals surface area contributed by atoms with Crippen LogP contribution in [0.4, 0.5) is 0 Å². The molecule has 1 aromatic rings. The van der Waals surface area contributed by atoms with Gasteiger partial charge in [-0.05, 0) is 12.0 Å². The van der Waals surface area contributed by atoms with Crippen molar-refractivity contribution in [3.05, 3.63) is 35.9 Å². The molecule has 12 nitrogen and oxygen atoms in total. The minimum Gasteiger partial charge on any atom is -0.481 e. The number of carbonyl (C=O) groups is 5. The van der Waals surface area contributed by atoms with Gasteiger partial charge >= 0.3 is 11.9 Å². The number of rotatable bonds is 14. The van der Waals surface area contributed by atoms with E-state index in [1.807, 2.05) is 0 Å². The maximum atomic E-state index is 12.6. The summed E-state index contributed by atoms with van der Waals surface area (Å²) in [5.41, 5.74) is 6.08. The third kappa shape index (κ3) is 9.89. The number of nitrogens with two attached hydrogens (primary N) is 1. The van der Waals surface area contributed by atoms with Gasteiger partial charge in [0.25, 0.3) is 0 Å². The number of carbonyl (C=O) groups excluding carboxylic acids is 3. The zero-order valence-electron chi connectivity index (χ0n) is 17.6. The summed E-state index contributed by atoms with van der Waals surface area (Å²) in [6, 6.07) is 3.38. The molecule has 0 aromatic heterocycles. The lowest BCUT2D eigenvalue weighted by molar-refractivity contribution is -0.142. The molecule has 0 saturated carbocycles. The molecule has 1 rings (SSSR count). The van der Waals surface area contributed by atoms with E-state index < -0.39 is 66.9 Å². The van der Waals surface area contributed by atoms with Gasteiger partial charge < -0.3 is 37.0 Å². The van der Waals surface area contributed by atoms with Crippen LogP contribution in [0.1, 0.15) is 18.4 Å². The minimum atomic E-state index is -1.36. The lowest BCUT2D eigenvalue weighted by atomic mass is 10.1. The van der Waals surface area contributed by atoms with Crippen LogP contribution in [-0.4, -0.2) is 81.5 Å². The van der Waals surface area contributed by atoms with E-state index in [0.29, 0.717) is 5.56 Å². The highest BCUT2D eigenvalue weighted by Crippen LogP contribution is 2.05. The smallest absolute Gasteiger partial charge is 0.326 e. The average Bonchev–Trinajstić information content (AvgIpc) is 2.78. The Hall–Kier alpha value is -3.16. The zero-order chi connectivity index (χ0) is 25.0. The number of carboxylic acids is 2. The molecular formula is C20H28N4O8S. The van der Waals surface area contributed by atoms with E-state index in [1.165, 1.54) is 0 Å². The van der Waals surface area contributed by atoms with Crippen LogP contribution < -0.4 is 21.7 Å². The Kier molecular flexibility index (Phi) is 11.9. The summed E-state index contributed by atoms with van der Waals surface area (Å²) in [6.07, 6.45) is -0.772. The van der Waals surface area contributed by atoms with Gasteiger partial charge in [0.15, 0.2) is 0 Å². The Morgan fingerprint density at radius 3 is 1.94 bits per heavy atom. The van der Waals surface area contributed by atoms with Crippen molar-refractivity contribution < 1.29 is 39.3 Å². The van der Waals surface area contributed by atoms with Gasteiger partial charge in [0.05, 0.1) is 6.61 Å². The van der Waals surface area contributed by atoms with Crippen LogP contribution in [0, 0.1) is 0 Å². The number of aliphatic hydroxyl groups excluding tert-OH is 1. The Morgan fingerprint density at radius 2 is 1.42 bits per heavy atom. The summed E-state index contributed by atoms with van der Waals surface area (Å²) in [5.74, 6) is -5.30. The molecular weight excluding hydrogens is 456 g/mol. The van der Waals surface area contributed by atoms with Gasteiger partial charge in [-0.3, -0.25) is 19.2 Å². The van der Waals surface area contributed by atoms with Gasteiger partial charge in [0, 0.05) is 18.6 Å². The van der Waals surface area contributed by atoms with Crippen LogP contribution in [0.25, 0.3) is 0 Å².